The van der Waals surface area contributed by atoms with Crippen LogP contribution in [0.5, 0.6) is 0 Å². The lowest BCUT2D eigenvalue weighted by molar-refractivity contribution is -0.116. The molecule has 0 aliphatic heterocycles. The van der Waals surface area contributed by atoms with E-state index in [0.29, 0.717) is 28.1 Å². The third-order valence-electron chi connectivity index (χ3n) is 4.28. The van der Waals surface area contributed by atoms with E-state index in [4.69, 9.17) is 11.6 Å². The molecule has 1 amide bonds. The Morgan fingerprint density at radius 1 is 1.18 bits per heavy atom. The number of aryl methyl sites for hydroxylation is 2. The van der Waals surface area contributed by atoms with Gasteiger partial charge in [-0.15, -0.1) is 11.3 Å². The number of rotatable bonds is 6. The van der Waals surface area contributed by atoms with Crippen LogP contribution < -0.4 is 5.32 Å². The third-order valence-corrected chi connectivity index (χ3v) is 5.42. The molecule has 0 atom stereocenters. The molecule has 0 saturated heterocycles. The van der Waals surface area contributed by atoms with Gasteiger partial charge in [0.1, 0.15) is 16.4 Å². The Labute approximate surface area is 170 Å². The number of hydrogen-bond acceptors (Lipinski definition) is 3. The van der Waals surface area contributed by atoms with E-state index in [1.54, 1.807) is 48.7 Å². The minimum Gasteiger partial charge on any atom is -0.478 e. The minimum absolute atomic E-state index is 0.0540. The molecule has 0 unspecified atom stereocenters. The number of carbonyl (C=O) groups is 2. The van der Waals surface area contributed by atoms with E-state index in [-0.39, 0.29) is 28.7 Å². The molecule has 2 N–H and O–H groups in total. The van der Waals surface area contributed by atoms with E-state index >= 15 is 0 Å². The zero-order chi connectivity index (χ0) is 20.3. The molecule has 7 heteroatoms. The lowest BCUT2D eigenvalue weighted by atomic mass is 10.0. The lowest BCUT2D eigenvalue weighted by Gasteiger charge is -2.07. The minimum atomic E-state index is -1.12. The second-order valence-electron chi connectivity index (χ2n) is 6.30. The first-order valence-corrected chi connectivity index (χ1v) is 9.76. The smallest absolute Gasteiger partial charge is 0.339 e. The van der Waals surface area contributed by atoms with Crippen molar-refractivity contribution in [3.8, 4) is 11.1 Å². The first kappa shape index (κ1) is 20.0. The number of carbonyl (C=O) groups excluding carboxylic acids is 1. The second kappa shape index (κ2) is 8.54. The van der Waals surface area contributed by atoms with E-state index in [0.717, 1.165) is 16.9 Å². The highest BCUT2D eigenvalue weighted by atomic mass is 35.5. The molecule has 4 nitrogen and oxygen atoms in total. The summed E-state index contributed by atoms with van der Waals surface area (Å²) in [7, 11) is 0. The third kappa shape index (κ3) is 4.58. The second-order valence-corrected chi connectivity index (χ2v) is 7.61. The maximum Gasteiger partial charge on any atom is 0.339 e. The summed E-state index contributed by atoms with van der Waals surface area (Å²) in [6, 6.07) is 11.6. The lowest BCUT2D eigenvalue weighted by Crippen LogP contribution is -2.14. The zero-order valence-electron chi connectivity index (χ0n) is 15.0. The Bertz CT molecular complexity index is 1030. The number of aromatic carboxylic acids is 1. The van der Waals surface area contributed by atoms with Gasteiger partial charge in [0.2, 0.25) is 5.91 Å². The number of benzene rings is 2. The standard InChI is InChI=1S/C21H17ClFNO3S/c1-12-10-13(2-8-17(12)23)3-9-18(25)24-20-19(21(26)27)16(11-28-20)14-4-6-15(22)7-5-14/h2,4-8,10-11H,3,9H2,1H3,(H,24,25)(H,26,27). The van der Waals surface area contributed by atoms with Gasteiger partial charge in [-0.05, 0) is 48.2 Å². The molecule has 1 aromatic heterocycles. The summed E-state index contributed by atoms with van der Waals surface area (Å²) in [6.07, 6.45) is 0.600. The number of hydrogen-bond donors (Lipinski definition) is 2. The Balaban J connectivity index is 1.74. The van der Waals surface area contributed by atoms with Gasteiger partial charge in [-0.25, -0.2) is 9.18 Å². The summed E-state index contributed by atoms with van der Waals surface area (Å²) < 4.78 is 13.3. The molecule has 2 aromatic carbocycles. The normalized spacial score (nSPS) is 10.7. The fraction of sp³-hybridized carbons (Fsp3) is 0.143. The van der Waals surface area contributed by atoms with Crippen LogP contribution in [0.15, 0.2) is 47.8 Å². The molecular weight excluding hydrogens is 401 g/mol. The topological polar surface area (TPSA) is 66.4 Å². The van der Waals surface area contributed by atoms with Crippen molar-refractivity contribution in [3.63, 3.8) is 0 Å². The number of nitrogens with one attached hydrogen (secondary N) is 1. The highest BCUT2D eigenvalue weighted by Gasteiger charge is 2.21. The molecule has 0 aliphatic carbocycles. The maximum atomic E-state index is 13.3. The fourth-order valence-electron chi connectivity index (χ4n) is 2.81. The average molecular weight is 418 g/mol. The summed E-state index contributed by atoms with van der Waals surface area (Å²) in [4.78, 5) is 24.1. The molecule has 28 heavy (non-hydrogen) atoms. The molecule has 144 valence electrons. The van der Waals surface area contributed by atoms with Crippen molar-refractivity contribution in [1.82, 2.24) is 0 Å². The number of carboxylic acids is 1. The Hall–Kier alpha value is -2.70. The summed E-state index contributed by atoms with van der Waals surface area (Å²) in [5.74, 6) is -1.70. The Morgan fingerprint density at radius 2 is 1.89 bits per heavy atom. The molecule has 0 spiro atoms. The van der Waals surface area contributed by atoms with Crippen LogP contribution >= 0.6 is 22.9 Å². The fourth-order valence-corrected chi connectivity index (χ4v) is 3.92. The van der Waals surface area contributed by atoms with E-state index in [2.05, 4.69) is 5.32 Å². The van der Waals surface area contributed by atoms with Gasteiger partial charge in [-0.2, -0.15) is 0 Å². The van der Waals surface area contributed by atoms with Crippen LogP contribution in [0.3, 0.4) is 0 Å². The van der Waals surface area contributed by atoms with E-state index in [1.165, 1.54) is 6.07 Å². The van der Waals surface area contributed by atoms with Crippen LogP contribution in [-0.2, 0) is 11.2 Å². The number of halogens is 2. The van der Waals surface area contributed by atoms with Gasteiger partial charge in [-0.1, -0.05) is 35.9 Å². The van der Waals surface area contributed by atoms with Gasteiger partial charge in [0.05, 0.1) is 0 Å². The summed E-state index contributed by atoms with van der Waals surface area (Å²) >= 11 is 7.05. The number of anilines is 1. The van der Waals surface area contributed by atoms with Crippen molar-refractivity contribution in [3.05, 3.63) is 75.4 Å². The predicted molar refractivity (Wildman–Crippen MR) is 110 cm³/mol. The van der Waals surface area contributed by atoms with Crippen molar-refractivity contribution in [1.29, 1.82) is 0 Å². The first-order chi connectivity index (χ1) is 13.3. The maximum absolute atomic E-state index is 13.3. The molecule has 0 saturated carbocycles. The van der Waals surface area contributed by atoms with E-state index in [1.807, 2.05) is 0 Å². The van der Waals surface area contributed by atoms with Crippen molar-refractivity contribution in [2.24, 2.45) is 0 Å². The Morgan fingerprint density at radius 3 is 2.54 bits per heavy atom. The van der Waals surface area contributed by atoms with E-state index < -0.39 is 5.97 Å². The molecule has 3 aromatic rings. The van der Waals surface area contributed by atoms with Crippen LogP contribution in [0, 0.1) is 12.7 Å². The monoisotopic (exact) mass is 417 g/mol. The van der Waals surface area contributed by atoms with Crippen LogP contribution in [-0.4, -0.2) is 17.0 Å². The largest absolute Gasteiger partial charge is 0.478 e. The highest BCUT2D eigenvalue weighted by Crippen LogP contribution is 2.36. The van der Waals surface area contributed by atoms with Gasteiger partial charge < -0.3 is 10.4 Å². The average Bonchev–Trinajstić information content (AvgIpc) is 3.07. The SMILES string of the molecule is Cc1cc(CCC(=O)Nc2scc(-c3ccc(Cl)cc3)c2C(=O)O)ccc1F. The number of carboxylic acid groups (broad SMARTS) is 1. The number of amides is 1. The molecular formula is C21H17ClFNO3S. The molecule has 1 heterocycles. The van der Waals surface area contributed by atoms with Crippen molar-refractivity contribution < 1.29 is 19.1 Å². The van der Waals surface area contributed by atoms with E-state index in [9.17, 15) is 19.1 Å². The summed E-state index contributed by atoms with van der Waals surface area (Å²) in [5, 5.41) is 14.9. The van der Waals surface area contributed by atoms with Gasteiger partial charge in [-0.3, -0.25) is 4.79 Å². The van der Waals surface area contributed by atoms with Gasteiger partial charge >= 0.3 is 5.97 Å². The highest BCUT2D eigenvalue weighted by molar-refractivity contribution is 7.15. The summed E-state index contributed by atoms with van der Waals surface area (Å²) in [6.45, 7) is 1.67. The molecule has 0 bridgehead atoms. The molecule has 0 aliphatic rings. The van der Waals surface area contributed by atoms with Crippen LogP contribution in [0.4, 0.5) is 9.39 Å². The first-order valence-electron chi connectivity index (χ1n) is 8.50. The van der Waals surface area contributed by atoms with Crippen molar-refractivity contribution in [2.75, 3.05) is 5.32 Å². The van der Waals surface area contributed by atoms with Crippen molar-refractivity contribution in [2.45, 2.75) is 19.8 Å². The van der Waals surface area contributed by atoms with Gasteiger partial charge in [0.15, 0.2) is 0 Å². The summed E-state index contributed by atoms with van der Waals surface area (Å²) in [5.41, 5.74) is 2.66. The van der Waals surface area contributed by atoms with Gasteiger partial charge in [0, 0.05) is 22.4 Å². The quantitative estimate of drug-likeness (QED) is 0.533. The zero-order valence-corrected chi connectivity index (χ0v) is 16.5. The Kier molecular flexibility index (Phi) is 6.11. The van der Waals surface area contributed by atoms with Crippen LogP contribution in [0.25, 0.3) is 11.1 Å². The number of thiophene rings is 1. The van der Waals surface area contributed by atoms with Crippen molar-refractivity contribution >= 4 is 39.8 Å². The molecule has 3 rings (SSSR count). The van der Waals surface area contributed by atoms with Gasteiger partial charge in [0.25, 0.3) is 0 Å². The molecule has 0 fully saturated rings. The van der Waals surface area contributed by atoms with Crippen LogP contribution in [0.1, 0.15) is 27.9 Å². The van der Waals surface area contributed by atoms with Crippen LogP contribution in [0.2, 0.25) is 5.02 Å². The molecule has 0 radical (unpaired) electrons. The predicted octanol–water partition coefficient (Wildman–Crippen LogP) is 5.79.